The van der Waals surface area contributed by atoms with Crippen molar-refractivity contribution in [3.8, 4) is 5.75 Å². The van der Waals surface area contributed by atoms with Crippen LogP contribution in [0.2, 0.25) is 10.0 Å². The molecule has 2 N–H and O–H groups in total. The van der Waals surface area contributed by atoms with E-state index in [2.05, 4.69) is 16.3 Å². The van der Waals surface area contributed by atoms with Crippen molar-refractivity contribution in [2.45, 2.75) is 13.0 Å². The summed E-state index contributed by atoms with van der Waals surface area (Å²) < 4.78 is 5.31. The molecule has 1 fully saturated rings. The lowest BCUT2D eigenvalue weighted by Crippen LogP contribution is -3.19. The summed E-state index contributed by atoms with van der Waals surface area (Å²) in [6.07, 6.45) is 0. The first-order chi connectivity index (χ1) is 13.0. The number of carbonyl (C=O) groups is 1. The Labute approximate surface area is 169 Å². The lowest BCUT2D eigenvalue weighted by Gasteiger charge is -2.36. The average Bonchev–Trinajstić information content (AvgIpc) is 2.70. The highest BCUT2D eigenvalue weighted by Gasteiger charge is 2.29. The Morgan fingerprint density at radius 2 is 1.93 bits per heavy atom. The SMILES string of the molecule is COc1cccc(N2CC[NH+]([C@H](C)C(=O)Nc3cc(Cl)ccc3Cl)CC2)c1. The quantitative estimate of drug-likeness (QED) is 0.799. The topological polar surface area (TPSA) is 46.0 Å². The fourth-order valence-electron chi connectivity index (χ4n) is 3.31. The van der Waals surface area contributed by atoms with Gasteiger partial charge >= 0.3 is 0 Å². The summed E-state index contributed by atoms with van der Waals surface area (Å²) in [6, 6.07) is 13.0. The second-order valence-electron chi connectivity index (χ2n) is 6.68. The minimum Gasteiger partial charge on any atom is -0.497 e. The minimum absolute atomic E-state index is 0.0519. The Hall–Kier alpha value is -1.95. The van der Waals surface area contributed by atoms with Gasteiger partial charge in [0.15, 0.2) is 6.04 Å². The number of amides is 1. The molecule has 0 aliphatic carbocycles. The van der Waals surface area contributed by atoms with E-state index in [1.165, 1.54) is 4.90 Å². The van der Waals surface area contributed by atoms with E-state index in [9.17, 15) is 4.79 Å². The predicted octanol–water partition coefficient (Wildman–Crippen LogP) is 2.73. The average molecular weight is 409 g/mol. The van der Waals surface area contributed by atoms with Crippen molar-refractivity contribution >= 4 is 40.5 Å². The van der Waals surface area contributed by atoms with Crippen LogP contribution in [0.15, 0.2) is 42.5 Å². The zero-order chi connectivity index (χ0) is 19.4. The molecule has 0 bridgehead atoms. The van der Waals surface area contributed by atoms with Crippen molar-refractivity contribution in [1.29, 1.82) is 0 Å². The van der Waals surface area contributed by atoms with Crippen molar-refractivity contribution in [2.24, 2.45) is 0 Å². The smallest absolute Gasteiger partial charge is 0.282 e. The molecule has 0 radical (unpaired) electrons. The summed E-state index contributed by atoms with van der Waals surface area (Å²) in [6.45, 7) is 5.49. The van der Waals surface area contributed by atoms with Gasteiger partial charge in [-0.15, -0.1) is 0 Å². The molecule has 144 valence electrons. The Bertz CT molecular complexity index is 808. The van der Waals surface area contributed by atoms with Gasteiger partial charge < -0.3 is 19.9 Å². The highest BCUT2D eigenvalue weighted by molar-refractivity contribution is 6.35. The van der Waals surface area contributed by atoms with Crippen molar-refractivity contribution in [1.82, 2.24) is 0 Å². The number of benzene rings is 2. The number of nitrogens with one attached hydrogen (secondary N) is 2. The van der Waals surface area contributed by atoms with E-state index < -0.39 is 0 Å². The van der Waals surface area contributed by atoms with Crippen molar-refractivity contribution in [3.05, 3.63) is 52.5 Å². The van der Waals surface area contributed by atoms with E-state index in [1.807, 2.05) is 25.1 Å². The summed E-state index contributed by atoms with van der Waals surface area (Å²) in [4.78, 5) is 16.2. The van der Waals surface area contributed by atoms with E-state index in [0.29, 0.717) is 15.7 Å². The van der Waals surface area contributed by atoms with Gasteiger partial charge in [-0.3, -0.25) is 4.79 Å². The molecule has 1 heterocycles. The summed E-state index contributed by atoms with van der Waals surface area (Å²) in [5.74, 6) is 0.803. The van der Waals surface area contributed by atoms with E-state index >= 15 is 0 Å². The number of hydrogen-bond donors (Lipinski definition) is 2. The number of methoxy groups -OCH3 is 1. The zero-order valence-corrected chi connectivity index (χ0v) is 17.0. The highest BCUT2D eigenvalue weighted by atomic mass is 35.5. The van der Waals surface area contributed by atoms with Crippen molar-refractivity contribution in [2.75, 3.05) is 43.5 Å². The number of rotatable bonds is 5. The molecule has 2 aromatic carbocycles. The lowest BCUT2D eigenvalue weighted by atomic mass is 10.2. The van der Waals surface area contributed by atoms with Gasteiger partial charge in [-0.2, -0.15) is 0 Å². The molecule has 7 heteroatoms. The van der Waals surface area contributed by atoms with Crippen LogP contribution in [0.4, 0.5) is 11.4 Å². The number of quaternary nitrogens is 1. The van der Waals surface area contributed by atoms with Crippen molar-refractivity contribution in [3.63, 3.8) is 0 Å². The monoisotopic (exact) mass is 408 g/mol. The lowest BCUT2D eigenvalue weighted by molar-refractivity contribution is -0.914. The number of carbonyl (C=O) groups excluding carboxylic acids is 1. The minimum atomic E-state index is -0.174. The Kier molecular flexibility index (Phi) is 6.47. The maximum atomic E-state index is 12.6. The maximum absolute atomic E-state index is 12.6. The third kappa shape index (κ3) is 4.86. The van der Waals surface area contributed by atoms with Gasteiger partial charge in [0.2, 0.25) is 0 Å². The van der Waals surface area contributed by atoms with E-state index in [1.54, 1.807) is 25.3 Å². The number of anilines is 2. The fourth-order valence-corrected chi connectivity index (χ4v) is 3.65. The molecule has 2 aromatic rings. The second kappa shape index (κ2) is 8.83. The number of piperazine rings is 1. The van der Waals surface area contributed by atoms with Crippen LogP contribution in [-0.2, 0) is 4.79 Å². The first-order valence-electron chi connectivity index (χ1n) is 8.97. The van der Waals surface area contributed by atoms with Crippen LogP contribution < -0.4 is 19.9 Å². The normalized spacial score (nSPS) is 16.1. The van der Waals surface area contributed by atoms with Crippen LogP contribution >= 0.6 is 23.2 Å². The van der Waals surface area contributed by atoms with Gasteiger partial charge in [0.25, 0.3) is 5.91 Å². The van der Waals surface area contributed by atoms with Gasteiger partial charge in [-0.05, 0) is 37.3 Å². The molecule has 1 atom stereocenters. The van der Waals surface area contributed by atoms with Crippen LogP contribution in [0.25, 0.3) is 0 Å². The first kappa shape index (κ1) is 19.8. The molecule has 27 heavy (non-hydrogen) atoms. The maximum Gasteiger partial charge on any atom is 0.282 e. The third-order valence-corrected chi connectivity index (χ3v) is 5.58. The van der Waals surface area contributed by atoms with Crippen LogP contribution in [0.5, 0.6) is 5.75 Å². The Morgan fingerprint density at radius 1 is 1.19 bits per heavy atom. The van der Waals surface area contributed by atoms with Gasteiger partial charge in [-0.1, -0.05) is 29.3 Å². The molecule has 0 saturated carbocycles. The molecule has 0 unspecified atom stereocenters. The predicted molar refractivity (Wildman–Crippen MR) is 110 cm³/mol. The van der Waals surface area contributed by atoms with Crippen LogP contribution in [0.3, 0.4) is 0 Å². The number of halogens is 2. The van der Waals surface area contributed by atoms with Gasteiger partial charge in [0, 0.05) is 16.8 Å². The van der Waals surface area contributed by atoms with Gasteiger partial charge in [0.1, 0.15) is 5.75 Å². The highest BCUT2D eigenvalue weighted by Crippen LogP contribution is 2.25. The number of hydrogen-bond acceptors (Lipinski definition) is 3. The van der Waals surface area contributed by atoms with E-state index in [0.717, 1.165) is 37.6 Å². The summed E-state index contributed by atoms with van der Waals surface area (Å²) in [7, 11) is 1.67. The van der Waals surface area contributed by atoms with Crippen LogP contribution in [0.1, 0.15) is 6.92 Å². The number of nitrogens with zero attached hydrogens (tertiary/aromatic N) is 1. The Balaban J connectivity index is 1.58. The largest absolute Gasteiger partial charge is 0.497 e. The zero-order valence-electron chi connectivity index (χ0n) is 15.5. The molecule has 5 nitrogen and oxygen atoms in total. The molecule has 1 aliphatic rings. The third-order valence-electron chi connectivity index (χ3n) is 5.02. The molecule has 0 aromatic heterocycles. The van der Waals surface area contributed by atoms with Gasteiger partial charge in [-0.25, -0.2) is 0 Å². The summed E-state index contributed by atoms with van der Waals surface area (Å²) >= 11 is 12.1. The van der Waals surface area contributed by atoms with Crippen LogP contribution in [0, 0.1) is 0 Å². The molecule has 1 aliphatic heterocycles. The number of ether oxygens (including phenoxy) is 1. The molecular weight excluding hydrogens is 385 g/mol. The Morgan fingerprint density at radius 3 is 2.63 bits per heavy atom. The van der Waals surface area contributed by atoms with Gasteiger partial charge in [0.05, 0.1) is 44.0 Å². The fraction of sp³-hybridized carbons (Fsp3) is 0.350. The van der Waals surface area contributed by atoms with Crippen LogP contribution in [-0.4, -0.2) is 45.2 Å². The molecule has 1 amide bonds. The molecular formula is C20H24Cl2N3O2+. The first-order valence-corrected chi connectivity index (χ1v) is 9.73. The molecule has 0 spiro atoms. The van der Waals surface area contributed by atoms with E-state index in [-0.39, 0.29) is 11.9 Å². The van der Waals surface area contributed by atoms with Crippen molar-refractivity contribution < 1.29 is 14.4 Å². The second-order valence-corrected chi connectivity index (χ2v) is 7.53. The van der Waals surface area contributed by atoms with E-state index in [4.69, 9.17) is 27.9 Å². The molecule has 3 rings (SSSR count). The molecule has 1 saturated heterocycles. The summed E-state index contributed by atoms with van der Waals surface area (Å²) in [5, 5.41) is 3.93. The summed E-state index contributed by atoms with van der Waals surface area (Å²) in [5.41, 5.74) is 1.70. The standard InChI is InChI=1S/C20H23Cl2N3O2/c1-14(20(26)23-19-12-15(21)6-7-18(19)22)24-8-10-25(11-9-24)16-4-3-5-17(13-16)27-2/h3-7,12-14H,8-11H2,1-2H3,(H,23,26)/p+1/t14-/m1/s1.